The highest BCUT2D eigenvalue weighted by Crippen LogP contribution is 2.29. The number of aromatic nitrogens is 1. The second-order valence-corrected chi connectivity index (χ2v) is 6.11. The fraction of sp³-hybridized carbons (Fsp3) is 0.706. The van der Waals surface area contributed by atoms with Gasteiger partial charge in [0, 0.05) is 24.8 Å². The standard InChI is InChI=1S/C17H30N4/c1-3-11-20-12-8-17(15-18,9-13-20)21(4-2)14-16-7-5-6-10-19-16/h5-7,10H,3-4,8-9,11-15,18H2,1-2H3. The molecular weight excluding hydrogens is 260 g/mol. The van der Waals surface area contributed by atoms with Crippen molar-refractivity contribution in [3.05, 3.63) is 30.1 Å². The Morgan fingerprint density at radius 3 is 2.57 bits per heavy atom. The van der Waals surface area contributed by atoms with E-state index in [-0.39, 0.29) is 5.54 Å². The van der Waals surface area contributed by atoms with Crippen molar-refractivity contribution in [2.24, 2.45) is 5.73 Å². The maximum atomic E-state index is 6.21. The first kappa shape index (κ1) is 16.4. The van der Waals surface area contributed by atoms with Crippen LogP contribution in [-0.4, -0.2) is 53.0 Å². The Morgan fingerprint density at radius 2 is 2.05 bits per heavy atom. The van der Waals surface area contributed by atoms with Gasteiger partial charge in [0.25, 0.3) is 0 Å². The van der Waals surface area contributed by atoms with E-state index in [1.165, 1.54) is 38.9 Å². The third kappa shape index (κ3) is 4.02. The minimum atomic E-state index is 0.149. The van der Waals surface area contributed by atoms with Crippen molar-refractivity contribution >= 4 is 0 Å². The molecule has 4 heteroatoms. The van der Waals surface area contributed by atoms with Gasteiger partial charge in [-0.15, -0.1) is 0 Å². The minimum Gasteiger partial charge on any atom is -0.329 e. The van der Waals surface area contributed by atoms with Gasteiger partial charge in [-0.25, -0.2) is 0 Å². The largest absolute Gasteiger partial charge is 0.329 e. The van der Waals surface area contributed by atoms with Gasteiger partial charge in [-0.1, -0.05) is 19.9 Å². The van der Waals surface area contributed by atoms with Crippen LogP contribution in [0.4, 0.5) is 0 Å². The molecule has 1 aromatic rings. The van der Waals surface area contributed by atoms with E-state index in [9.17, 15) is 0 Å². The number of hydrogen-bond donors (Lipinski definition) is 1. The smallest absolute Gasteiger partial charge is 0.0544 e. The molecule has 1 aliphatic rings. The van der Waals surface area contributed by atoms with Crippen LogP contribution in [0, 0.1) is 0 Å². The normalized spacial score (nSPS) is 19.0. The summed E-state index contributed by atoms with van der Waals surface area (Å²) in [6, 6.07) is 6.15. The summed E-state index contributed by atoms with van der Waals surface area (Å²) in [5.41, 5.74) is 7.50. The van der Waals surface area contributed by atoms with E-state index >= 15 is 0 Å². The van der Waals surface area contributed by atoms with Crippen LogP contribution in [0.25, 0.3) is 0 Å². The molecule has 0 unspecified atom stereocenters. The molecule has 21 heavy (non-hydrogen) atoms. The summed E-state index contributed by atoms with van der Waals surface area (Å²) in [5, 5.41) is 0. The lowest BCUT2D eigenvalue weighted by molar-refractivity contribution is 0.0236. The van der Waals surface area contributed by atoms with Gasteiger partial charge in [-0.05, 0) is 57.6 Å². The van der Waals surface area contributed by atoms with Crippen LogP contribution in [0.15, 0.2) is 24.4 Å². The van der Waals surface area contributed by atoms with Crippen LogP contribution < -0.4 is 5.73 Å². The van der Waals surface area contributed by atoms with Crippen molar-refractivity contribution in [3.63, 3.8) is 0 Å². The summed E-state index contributed by atoms with van der Waals surface area (Å²) >= 11 is 0. The fourth-order valence-corrected chi connectivity index (χ4v) is 3.46. The Bertz CT molecular complexity index is 399. The molecule has 1 fully saturated rings. The summed E-state index contributed by atoms with van der Waals surface area (Å²) < 4.78 is 0. The number of piperidine rings is 1. The SMILES string of the molecule is CCCN1CCC(CN)(N(CC)Cc2ccccn2)CC1. The fourth-order valence-electron chi connectivity index (χ4n) is 3.46. The zero-order chi connectivity index (χ0) is 15.1. The minimum absolute atomic E-state index is 0.149. The van der Waals surface area contributed by atoms with Crippen molar-refractivity contribution in [2.75, 3.05) is 32.7 Å². The first-order valence-electron chi connectivity index (χ1n) is 8.31. The van der Waals surface area contributed by atoms with Crippen molar-refractivity contribution in [1.82, 2.24) is 14.8 Å². The number of likely N-dealkylation sites (tertiary alicyclic amines) is 1. The van der Waals surface area contributed by atoms with Gasteiger partial charge in [0.2, 0.25) is 0 Å². The van der Waals surface area contributed by atoms with E-state index in [4.69, 9.17) is 5.73 Å². The molecule has 118 valence electrons. The van der Waals surface area contributed by atoms with Crippen LogP contribution in [0.1, 0.15) is 38.8 Å². The number of pyridine rings is 1. The summed E-state index contributed by atoms with van der Waals surface area (Å²) in [7, 11) is 0. The quantitative estimate of drug-likeness (QED) is 0.835. The monoisotopic (exact) mass is 290 g/mol. The highest BCUT2D eigenvalue weighted by atomic mass is 15.2. The van der Waals surface area contributed by atoms with E-state index in [0.717, 1.165) is 25.3 Å². The van der Waals surface area contributed by atoms with Gasteiger partial charge in [-0.2, -0.15) is 0 Å². The number of hydrogen-bond acceptors (Lipinski definition) is 4. The number of nitrogens with two attached hydrogens (primary N) is 1. The molecule has 0 spiro atoms. The summed E-state index contributed by atoms with van der Waals surface area (Å²) in [6.07, 6.45) is 5.46. The number of nitrogens with zero attached hydrogens (tertiary/aromatic N) is 3. The average Bonchev–Trinajstić information content (AvgIpc) is 2.55. The molecule has 0 radical (unpaired) electrons. The van der Waals surface area contributed by atoms with Crippen molar-refractivity contribution in [3.8, 4) is 0 Å². The zero-order valence-electron chi connectivity index (χ0n) is 13.6. The predicted octanol–water partition coefficient (Wildman–Crippen LogP) is 2.11. The Labute approximate surface area is 129 Å². The van der Waals surface area contributed by atoms with Gasteiger partial charge in [0.05, 0.1) is 5.69 Å². The summed E-state index contributed by atoms with van der Waals surface area (Å²) in [6.45, 7) is 10.7. The molecule has 0 aliphatic carbocycles. The molecule has 1 aromatic heterocycles. The molecule has 2 rings (SSSR count). The molecule has 1 saturated heterocycles. The number of rotatable bonds is 7. The maximum absolute atomic E-state index is 6.21. The Morgan fingerprint density at radius 1 is 1.29 bits per heavy atom. The van der Waals surface area contributed by atoms with Crippen LogP contribution >= 0.6 is 0 Å². The summed E-state index contributed by atoms with van der Waals surface area (Å²) in [4.78, 5) is 9.59. The highest BCUT2D eigenvalue weighted by Gasteiger charge is 2.37. The van der Waals surface area contributed by atoms with Crippen LogP contribution in [-0.2, 0) is 6.54 Å². The molecule has 0 aromatic carbocycles. The number of likely N-dealkylation sites (N-methyl/N-ethyl adjacent to an activating group) is 1. The predicted molar refractivity (Wildman–Crippen MR) is 88.1 cm³/mol. The molecule has 0 amide bonds. The topological polar surface area (TPSA) is 45.4 Å². The van der Waals surface area contributed by atoms with Crippen molar-refractivity contribution < 1.29 is 0 Å². The lowest BCUT2D eigenvalue weighted by Crippen LogP contribution is -2.59. The van der Waals surface area contributed by atoms with Gasteiger partial charge >= 0.3 is 0 Å². The maximum Gasteiger partial charge on any atom is 0.0544 e. The van der Waals surface area contributed by atoms with Crippen LogP contribution in [0.5, 0.6) is 0 Å². The molecular formula is C17H30N4. The molecule has 0 saturated carbocycles. The van der Waals surface area contributed by atoms with Crippen molar-refractivity contribution in [2.45, 2.75) is 45.2 Å². The Balaban J connectivity index is 2.04. The van der Waals surface area contributed by atoms with E-state index in [1.807, 2.05) is 12.3 Å². The molecule has 2 N–H and O–H groups in total. The third-order valence-electron chi connectivity index (χ3n) is 4.84. The molecule has 2 heterocycles. The van der Waals surface area contributed by atoms with E-state index < -0.39 is 0 Å². The highest BCUT2D eigenvalue weighted by molar-refractivity contribution is 5.06. The average molecular weight is 290 g/mol. The lowest BCUT2D eigenvalue weighted by Gasteiger charge is -2.48. The Hall–Kier alpha value is -0.970. The first-order valence-corrected chi connectivity index (χ1v) is 8.31. The molecule has 4 nitrogen and oxygen atoms in total. The van der Waals surface area contributed by atoms with Gasteiger partial charge in [0.1, 0.15) is 0 Å². The van der Waals surface area contributed by atoms with E-state index in [1.54, 1.807) is 0 Å². The van der Waals surface area contributed by atoms with Crippen LogP contribution in [0.3, 0.4) is 0 Å². The first-order chi connectivity index (χ1) is 10.2. The van der Waals surface area contributed by atoms with E-state index in [2.05, 4.69) is 40.8 Å². The third-order valence-corrected chi connectivity index (χ3v) is 4.84. The second kappa shape index (κ2) is 7.87. The van der Waals surface area contributed by atoms with Crippen molar-refractivity contribution in [1.29, 1.82) is 0 Å². The van der Waals surface area contributed by atoms with E-state index in [0.29, 0.717) is 0 Å². The van der Waals surface area contributed by atoms with Gasteiger partial charge in [0.15, 0.2) is 0 Å². The summed E-state index contributed by atoms with van der Waals surface area (Å²) in [5.74, 6) is 0. The molecule has 0 bridgehead atoms. The Kier molecular flexibility index (Phi) is 6.15. The molecule has 1 aliphatic heterocycles. The zero-order valence-corrected chi connectivity index (χ0v) is 13.6. The van der Waals surface area contributed by atoms with Gasteiger partial charge < -0.3 is 10.6 Å². The van der Waals surface area contributed by atoms with Crippen LogP contribution in [0.2, 0.25) is 0 Å². The lowest BCUT2D eigenvalue weighted by atomic mass is 9.85. The van der Waals surface area contributed by atoms with Gasteiger partial charge in [-0.3, -0.25) is 9.88 Å². The molecule has 0 atom stereocenters. The second-order valence-electron chi connectivity index (χ2n) is 6.11.